The Morgan fingerprint density at radius 1 is 1.00 bits per heavy atom. The molecular formula is C22H29N3O3. The molecule has 0 bridgehead atoms. The zero-order valence-corrected chi connectivity index (χ0v) is 17.1. The largest absolute Gasteiger partial charge is 0.496 e. The number of carbonyl (C=O) groups excluding carboxylic acids is 2. The summed E-state index contributed by atoms with van der Waals surface area (Å²) in [5.41, 5.74) is 2.86. The second kappa shape index (κ2) is 10.3. The maximum Gasteiger partial charge on any atom is 0.226 e. The van der Waals surface area contributed by atoms with E-state index in [1.807, 2.05) is 67.5 Å². The van der Waals surface area contributed by atoms with E-state index in [1.165, 1.54) is 6.92 Å². The van der Waals surface area contributed by atoms with Gasteiger partial charge in [-0.1, -0.05) is 18.2 Å². The average Bonchev–Trinajstić information content (AvgIpc) is 2.68. The molecule has 6 nitrogen and oxygen atoms in total. The first kappa shape index (κ1) is 21.3. The Hall–Kier alpha value is -3.02. The molecule has 0 fully saturated rings. The van der Waals surface area contributed by atoms with Crippen molar-refractivity contribution in [2.45, 2.75) is 19.8 Å². The number of benzene rings is 2. The predicted molar refractivity (Wildman–Crippen MR) is 113 cm³/mol. The van der Waals surface area contributed by atoms with Crippen LogP contribution in [0.1, 0.15) is 18.9 Å². The van der Waals surface area contributed by atoms with E-state index in [0.717, 1.165) is 22.7 Å². The molecule has 0 radical (unpaired) electrons. The molecule has 2 aromatic rings. The van der Waals surface area contributed by atoms with Crippen molar-refractivity contribution in [1.29, 1.82) is 0 Å². The number of para-hydroxylation sites is 1. The molecule has 0 aromatic heterocycles. The third-order valence-corrected chi connectivity index (χ3v) is 4.57. The predicted octanol–water partition coefficient (Wildman–Crippen LogP) is 3.18. The number of amides is 2. The number of nitrogens with zero attached hydrogens (tertiary/aromatic N) is 2. The first-order valence-electron chi connectivity index (χ1n) is 9.35. The average molecular weight is 383 g/mol. The molecular weight excluding hydrogens is 354 g/mol. The fourth-order valence-corrected chi connectivity index (χ4v) is 2.89. The van der Waals surface area contributed by atoms with Gasteiger partial charge in [0.05, 0.1) is 7.11 Å². The molecule has 0 heterocycles. The van der Waals surface area contributed by atoms with Gasteiger partial charge < -0.3 is 19.9 Å². The van der Waals surface area contributed by atoms with E-state index in [2.05, 4.69) is 5.32 Å². The number of ether oxygens (including phenoxy) is 1. The van der Waals surface area contributed by atoms with Crippen molar-refractivity contribution in [3.63, 3.8) is 0 Å². The second-order valence-corrected chi connectivity index (χ2v) is 6.81. The van der Waals surface area contributed by atoms with Gasteiger partial charge in [-0.25, -0.2) is 0 Å². The second-order valence-electron chi connectivity index (χ2n) is 6.81. The highest BCUT2D eigenvalue weighted by Gasteiger charge is 2.13. The number of anilines is 2. The number of hydrogen-bond donors (Lipinski definition) is 1. The van der Waals surface area contributed by atoms with Crippen molar-refractivity contribution in [3.05, 3.63) is 54.1 Å². The molecule has 0 saturated carbocycles. The Morgan fingerprint density at radius 3 is 2.29 bits per heavy atom. The fourth-order valence-electron chi connectivity index (χ4n) is 2.89. The fraction of sp³-hybridized carbons (Fsp3) is 0.364. The first-order valence-corrected chi connectivity index (χ1v) is 9.35. The number of nitrogens with one attached hydrogen (secondary N) is 1. The molecule has 6 heteroatoms. The van der Waals surface area contributed by atoms with Gasteiger partial charge in [0.15, 0.2) is 0 Å². The third kappa shape index (κ3) is 6.30. The topological polar surface area (TPSA) is 61.9 Å². The smallest absolute Gasteiger partial charge is 0.226 e. The molecule has 0 unspecified atom stereocenters. The van der Waals surface area contributed by atoms with Crippen LogP contribution < -0.4 is 15.0 Å². The van der Waals surface area contributed by atoms with Crippen LogP contribution in [0.25, 0.3) is 0 Å². The molecule has 0 aliphatic rings. The van der Waals surface area contributed by atoms with E-state index >= 15 is 0 Å². The van der Waals surface area contributed by atoms with Crippen molar-refractivity contribution in [2.75, 3.05) is 44.5 Å². The number of carbonyl (C=O) groups is 2. The summed E-state index contributed by atoms with van der Waals surface area (Å²) >= 11 is 0. The summed E-state index contributed by atoms with van der Waals surface area (Å²) in [5.74, 6) is 0.657. The van der Waals surface area contributed by atoms with Crippen LogP contribution in [-0.2, 0) is 16.0 Å². The Labute approximate surface area is 167 Å². The monoisotopic (exact) mass is 383 g/mol. The van der Waals surface area contributed by atoms with Crippen LogP contribution in [0.5, 0.6) is 5.75 Å². The lowest BCUT2D eigenvalue weighted by molar-refractivity contribution is -0.129. The molecule has 0 aliphatic heterocycles. The molecule has 0 atom stereocenters. The summed E-state index contributed by atoms with van der Waals surface area (Å²) < 4.78 is 5.36. The van der Waals surface area contributed by atoms with E-state index in [0.29, 0.717) is 19.5 Å². The molecule has 2 rings (SSSR count). The molecule has 150 valence electrons. The number of rotatable bonds is 9. The summed E-state index contributed by atoms with van der Waals surface area (Å²) in [5, 5.41) is 2.88. The lowest BCUT2D eigenvalue weighted by Crippen LogP contribution is -2.33. The van der Waals surface area contributed by atoms with Gasteiger partial charge in [0.1, 0.15) is 5.75 Å². The highest BCUT2D eigenvalue weighted by molar-refractivity contribution is 5.91. The zero-order chi connectivity index (χ0) is 20.5. The minimum atomic E-state index is -0.110. The zero-order valence-electron chi connectivity index (χ0n) is 17.1. The molecule has 0 aliphatic carbocycles. The van der Waals surface area contributed by atoms with Gasteiger partial charge in [0.2, 0.25) is 11.8 Å². The van der Waals surface area contributed by atoms with E-state index in [4.69, 9.17) is 4.74 Å². The van der Waals surface area contributed by atoms with Gasteiger partial charge in [0, 0.05) is 51.9 Å². The van der Waals surface area contributed by atoms with Crippen LogP contribution >= 0.6 is 0 Å². The van der Waals surface area contributed by atoms with Crippen LogP contribution in [0.3, 0.4) is 0 Å². The molecule has 28 heavy (non-hydrogen) atoms. The highest BCUT2D eigenvalue weighted by atomic mass is 16.5. The molecule has 0 spiro atoms. The maximum absolute atomic E-state index is 12.3. The highest BCUT2D eigenvalue weighted by Crippen LogP contribution is 2.18. The lowest BCUT2D eigenvalue weighted by Gasteiger charge is -2.21. The van der Waals surface area contributed by atoms with Crippen molar-refractivity contribution >= 4 is 23.2 Å². The third-order valence-electron chi connectivity index (χ3n) is 4.57. The van der Waals surface area contributed by atoms with Crippen LogP contribution in [0.2, 0.25) is 0 Å². The minimum Gasteiger partial charge on any atom is -0.496 e. The first-order chi connectivity index (χ1) is 13.4. The summed E-state index contributed by atoms with van der Waals surface area (Å²) in [6, 6.07) is 15.4. The minimum absolute atomic E-state index is 0.0435. The lowest BCUT2D eigenvalue weighted by atomic mass is 10.1. The SMILES string of the molecule is COc1ccccc1CCN(CCC(=O)Nc1ccc(N(C)C)cc1)C(C)=O. The van der Waals surface area contributed by atoms with Crippen LogP contribution in [-0.4, -0.2) is 51.0 Å². The van der Waals surface area contributed by atoms with E-state index in [-0.39, 0.29) is 18.2 Å². The van der Waals surface area contributed by atoms with Gasteiger partial charge in [-0.05, 0) is 42.3 Å². The number of hydrogen-bond acceptors (Lipinski definition) is 4. The van der Waals surface area contributed by atoms with Gasteiger partial charge in [-0.3, -0.25) is 9.59 Å². The molecule has 2 amide bonds. The van der Waals surface area contributed by atoms with Gasteiger partial charge >= 0.3 is 0 Å². The van der Waals surface area contributed by atoms with Crippen LogP contribution in [0, 0.1) is 0 Å². The van der Waals surface area contributed by atoms with Gasteiger partial charge in [-0.15, -0.1) is 0 Å². The van der Waals surface area contributed by atoms with Crippen molar-refractivity contribution in [1.82, 2.24) is 4.90 Å². The van der Waals surface area contributed by atoms with E-state index < -0.39 is 0 Å². The van der Waals surface area contributed by atoms with Crippen LogP contribution in [0.15, 0.2) is 48.5 Å². The molecule has 0 saturated heterocycles. The summed E-state index contributed by atoms with van der Waals surface area (Å²) in [4.78, 5) is 27.9. The Morgan fingerprint density at radius 2 is 1.68 bits per heavy atom. The van der Waals surface area contributed by atoms with Crippen LogP contribution in [0.4, 0.5) is 11.4 Å². The van der Waals surface area contributed by atoms with E-state index in [1.54, 1.807) is 12.0 Å². The normalized spacial score (nSPS) is 10.3. The van der Waals surface area contributed by atoms with Crippen molar-refractivity contribution in [2.24, 2.45) is 0 Å². The van der Waals surface area contributed by atoms with Crippen molar-refractivity contribution < 1.29 is 14.3 Å². The van der Waals surface area contributed by atoms with Gasteiger partial charge in [-0.2, -0.15) is 0 Å². The standard InChI is InChI=1S/C22H29N3O3/c1-17(26)25(15-13-18-7-5-6-8-21(18)28-4)16-14-22(27)23-19-9-11-20(12-10-19)24(2)3/h5-12H,13-16H2,1-4H3,(H,23,27). The van der Waals surface area contributed by atoms with E-state index in [9.17, 15) is 9.59 Å². The molecule has 1 N–H and O–H groups in total. The Bertz CT molecular complexity index is 788. The molecule has 2 aromatic carbocycles. The van der Waals surface area contributed by atoms with Crippen molar-refractivity contribution in [3.8, 4) is 5.75 Å². The Kier molecular flexibility index (Phi) is 7.87. The quantitative estimate of drug-likeness (QED) is 0.722. The number of methoxy groups -OCH3 is 1. The Balaban J connectivity index is 1.86. The van der Waals surface area contributed by atoms with Gasteiger partial charge in [0.25, 0.3) is 0 Å². The summed E-state index contributed by atoms with van der Waals surface area (Å²) in [6.45, 7) is 2.45. The summed E-state index contributed by atoms with van der Waals surface area (Å²) in [6.07, 6.45) is 0.929. The summed E-state index contributed by atoms with van der Waals surface area (Å²) in [7, 11) is 5.57. The maximum atomic E-state index is 12.3.